The molecule has 1 rings (SSSR count). The van der Waals surface area contributed by atoms with Crippen molar-refractivity contribution in [3.05, 3.63) is 11.1 Å². The topological polar surface area (TPSA) is 3.24 Å². The van der Waals surface area contributed by atoms with Gasteiger partial charge in [0.25, 0.3) is 0 Å². The molecule has 0 atom stereocenters. The van der Waals surface area contributed by atoms with Gasteiger partial charge in [0.15, 0.2) is 0 Å². The first kappa shape index (κ1) is 9.33. The summed E-state index contributed by atoms with van der Waals surface area (Å²) in [5.41, 5.74) is -0.634. The highest BCUT2D eigenvalue weighted by atomic mass is 32.2. The molecule has 0 radical (unpaired) electrons. The molecule has 0 N–H and O–H groups in total. The van der Waals surface area contributed by atoms with E-state index in [0.717, 1.165) is 22.1 Å². The number of rotatable bonds is 1. The summed E-state index contributed by atoms with van der Waals surface area (Å²) in [7, 11) is 0. The second-order valence-electron chi connectivity index (χ2n) is 2.20. The van der Waals surface area contributed by atoms with Gasteiger partial charge >= 0.3 is 6.18 Å². The second kappa shape index (κ2) is 3.31. The first-order chi connectivity index (χ1) is 5.55. The lowest BCUT2D eigenvalue weighted by Crippen LogP contribution is -2.28. The average Bonchev–Trinajstić information content (AvgIpc) is 2.34. The van der Waals surface area contributed by atoms with Crippen molar-refractivity contribution in [2.24, 2.45) is 0 Å². The fourth-order valence-electron chi connectivity index (χ4n) is 0.837. The molecule has 1 aliphatic heterocycles. The zero-order chi connectivity index (χ0) is 9.19. The minimum atomic E-state index is -4.28. The molecule has 0 bridgehead atoms. The molecule has 1 aliphatic rings. The van der Waals surface area contributed by atoms with Crippen LogP contribution in [0, 0.1) is 12.3 Å². The Morgan fingerprint density at radius 1 is 1.67 bits per heavy atom. The number of thioether (sulfide) groups is 1. The van der Waals surface area contributed by atoms with Crippen molar-refractivity contribution in [1.82, 2.24) is 4.90 Å². The number of alkyl halides is 3. The van der Waals surface area contributed by atoms with Gasteiger partial charge in [0.1, 0.15) is 5.70 Å². The number of terminal acetylenes is 1. The number of hydrogen-bond acceptors (Lipinski definition) is 2. The van der Waals surface area contributed by atoms with Gasteiger partial charge in [0, 0.05) is 5.41 Å². The maximum absolute atomic E-state index is 12.1. The minimum Gasteiger partial charge on any atom is -0.346 e. The summed E-state index contributed by atoms with van der Waals surface area (Å²) >= 11 is 1.11. The molecular weight excluding hydrogens is 187 g/mol. The lowest BCUT2D eigenvalue weighted by molar-refractivity contribution is -0.108. The first-order valence-corrected chi connectivity index (χ1v) is 4.18. The highest BCUT2D eigenvalue weighted by Crippen LogP contribution is 2.35. The van der Waals surface area contributed by atoms with E-state index in [4.69, 9.17) is 6.42 Å². The van der Waals surface area contributed by atoms with E-state index in [0.29, 0.717) is 5.88 Å². The molecule has 12 heavy (non-hydrogen) atoms. The largest absolute Gasteiger partial charge is 0.431 e. The van der Waals surface area contributed by atoms with Crippen LogP contribution in [-0.4, -0.2) is 23.5 Å². The minimum absolute atomic E-state index is 0.0122. The Morgan fingerprint density at radius 2 is 2.33 bits per heavy atom. The quantitative estimate of drug-likeness (QED) is 0.586. The van der Waals surface area contributed by atoms with Crippen LogP contribution < -0.4 is 0 Å². The second-order valence-corrected chi connectivity index (χ2v) is 3.03. The Morgan fingerprint density at radius 3 is 2.83 bits per heavy atom. The molecule has 0 spiro atoms. The molecule has 0 aliphatic carbocycles. The maximum atomic E-state index is 12.1. The fraction of sp³-hybridized carbons (Fsp3) is 0.429. The van der Waals surface area contributed by atoms with Crippen LogP contribution in [0.15, 0.2) is 11.1 Å². The van der Waals surface area contributed by atoms with Crippen molar-refractivity contribution in [3.8, 4) is 12.3 Å². The van der Waals surface area contributed by atoms with Crippen LogP contribution in [0.3, 0.4) is 0 Å². The molecular formula is C7H6F3NS. The number of allylic oxidation sites excluding steroid dienone is 1. The SMILES string of the molecule is C#CCN1CSC=C1C(F)(F)F. The summed E-state index contributed by atoms with van der Waals surface area (Å²) in [6.07, 6.45) is 0.641. The van der Waals surface area contributed by atoms with Gasteiger partial charge < -0.3 is 4.90 Å². The van der Waals surface area contributed by atoms with Crippen LogP contribution in [0.5, 0.6) is 0 Å². The van der Waals surface area contributed by atoms with E-state index in [1.165, 1.54) is 0 Å². The van der Waals surface area contributed by atoms with Gasteiger partial charge in [-0.05, 0) is 0 Å². The Hall–Kier alpha value is -0.760. The molecule has 0 saturated carbocycles. The third-order valence-electron chi connectivity index (χ3n) is 1.34. The van der Waals surface area contributed by atoms with Crippen LogP contribution in [0.25, 0.3) is 0 Å². The van der Waals surface area contributed by atoms with Crippen LogP contribution in [-0.2, 0) is 0 Å². The van der Waals surface area contributed by atoms with Crippen molar-refractivity contribution >= 4 is 11.8 Å². The first-order valence-electron chi connectivity index (χ1n) is 3.13. The average molecular weight is 193 g/mol. The molecule has 0 aromatic heterocycles. The molecule has 0 amide bonds. The van der Waals surface area contributed by atoms with Gasteiger partial charge in [0.2, 0.25) is 0 Å². The molecule has 0 aromatic rings. The van der Waals surface area contributed by atoms with E-state index < -0.39 is 11.9 Å². The van der Waals surface area contributed by atoms with Crippen LogP contribution in [0.1, 0.15) is 0 Å². The summed E-state index contributed by atoms with van der Waals surface area (Å²) in [5.74, 6) is 2.47. The van der Waals surface area contributed by atoms with Crippen LogP contribution >= 0.6 is 11.8 Å². The van der Waals surface area contributed by atoms with E-state index in [9.17, 15) is 13.2 Å². The van der Waals surface area contributed by atoms with Crippen molar-refractivity contribution in [1.29, 1.82) is 0 Å². The number of hydrogen-bond donors (Lipinski definition) is 0. The molecule has 0 unspecified atom stereocenters. The maximum Gasteiger partial charge on any atom is 0.431 e. The van der Waals surface area contributed by atoms with Gasteiger partial charge in [-0.3, -0.25) is 0 Å². The highest BCUT2D eigenvalue weighted by Gasteiger charge is 2.39. The number of halogens is 3. The third kappa shape index (κ3) is 1.89. The summed E-state index contributed by atoms with van der Waals surface area (Å²) in [6.45, 7) is 0.0122. The predicted molar refractivity (Wildman–Crippen MR) is 42.1 cm³/mol. The Labute approximate surface area is 72.6 Å². The normalized spacial score (nSPS) is 17.5. The van der Waals surface area contributed by atoms with Crippen LogP contribution in [0.2, 0.25) is 0 Å². The predicted octanol–water partition coefficient (Wildman–Crippen LogP) is 2.03. The molecule has 1 nitrogen and oxygen atoms in total. The zero-order valence-corrected chi connectivity index (χ0v) is 6.87. The van der Waals surface area contributed by atoms with E-state index in [1.807, 2.05) is 0 Å². The summed E-state index contributed by atoms with van der Waals surface area (Å²) in [6, 6.07) is 0. The van der Waals surface area contributed by atoms with Crippen molar-refractivity contribution in [3.63, 3.8) is 0 Å². The zero-order valence-electron chi connectivity index (χ0n) is 6.06. The van der Waals surface area contributed by atoms with E-state index in [1.54, 1.807) is 0 Å². The van der Waals surface area contributed by atoms with Crippen LogP contribution in [0.4, 0.5) is 13.2 Å². The standard InChI is InChI=1S/C7H6F3NS/c1-2-3-11-5-12-4-6(11)7(8,9)10/h1,4H,3,5H2. The molecule has 0 fully saturated rings. The summed E-state index contributed by atoms with van der Waals surface area (Å²) < 4.78 is 36.4. The van der Waals surface area contributed by atoms with Crippen molar-refractivity contribution < 1.29 is 13.2 Å². The Kier molecular flexibility index (Phi) is 2.58. The van der Waals surface area contributed by atoms with Gasteiger partial charge in [-0.1, -0.05) is 5.92 Å². The summed E-state index contributed by atoms with van der Waals surface area (Å²) in [4.78, 5) is 1.13. The van der Waals surface area contributed by atoms with E-state index in [2.05, 4.69) is 5.92 Å². The smallest absolute Gasteiger partial charge is 0.346 e. The highest BCUT2D eigenvalue weighted by molar-refractivity contribution is 8.02. The fourth-order valence-corrected chi connectivity index (χ4v) is 1.76. The van der Waals surface area contributed by atoms with Gasteiger partial charge in [-0.25, -0.2) is 0 Å². The van der Waals surface area contributed by atoms with E-state index in [-0.39, 0.29) is 6.54 Å². The molecule has 5 heteroatoms. The molecule has 0 saturated heterocycles. The summed E-state index contributed by atoms with van der Waals surface area (Å²) in [5, 5.41) is 1.09. The Bertz CT molecular complexity index is 238. The van der Waals surface area contributed by atoms with Gasteiger partial charge in [-0.2, -0.15) is 13.2 Å². The Balaban J connectivity index is 2.71. The van der Waals surface area contributed by atoms with Gasteiger partial charge in [0.05, 0.1) is 12.4 Å². The molecule has 1 heterocycles. The van der Waals surface area contributed by atoms with Crippen molar-refractivity contribution in [2.45, 2.75) is 6.18 Å². The number of nitrogens with zero attached hydrogens (tertiary/aromatic N) is 1. The third-order valence-corrected chi connectivity index (χ3v) is 2.19. The van der Waals surface area contributed by atoms with Crippen molar-refractivity contribution in [2.75, 3.05) is 12.4 Å². The molecule has 66 valence electrons. The monoisotopic (exact) mass is 193 g/mol. The van der Waals surface area contributed by atoms with Gasteiger partial charge in [-0.15, -0.1) is 18.2 Å². The molecule has 0 aromatic carbocycles. The lowest BCUT2D eigenvalue weighted by Gasteiger charge is -2.20. The van der Waals surface area contributed by atoms with E-state index >= 15 is 0 Å². The lowest BCUT2D eigenvalue weighted by atomic mass is 10.4.